The molecule has 0 amide bonds. The Kier molecular flexibility index (Phi) is 6.28. The summed E-state index contributed by atoms with van der Waals surface area (Å²) in [5.41, 5.74) is 2.61. The molecule has 0 unspecified atom stereocenters. The Morgan fingerprint density at radius 3 is 2.38 bits per heavy atom. The summed E-state index contributed by atoms with van der Waals surface area (Å²) in [4.78, 5) is 13.8. The molecular formula is C27H28FNO3. The van der Waals surface area contributed by atoms with Crippen LogP contribution in [0.25, 0.3) is 0 Å². The third kappa shape index (κ3) is 4.83. The molecule has 4 nitrogen and oxygen atoms in total. The van der Waals surface area contributed by atoms with Gasteiger partial charge in [0, 0.05) is 13.1 Å². The Hall–Kier alpha value is -3.18. The Morgan fingerprint density at radius 1 is 1.09 bits per heavy atom. The lowest BCUT2D eigenvalue weighted by molar-refractivity contribution is 0.0696. The van der Waals surface area contributed by atoms with E-state index in [0.29, 0.717) is 17.2 Å². The second-order valence-electron chi connectivity index (χ2n) is 8.89. The molecule has 1 N–H and O–H groups in total. The predicted octanol–water partition coefficient (Wildman–Crippen LogP) is 6.12. The van der Waals surface area contributed by atoms with Gasteiger partial charge < -0.3 is 9.84 Å². The van der Waals surface area contributed by atoms with Crippen molar-refractivity contribution < 1.29 is 19.0 Å². The summed E-state index contributed by atoms with van der Waals surface area (Å²) in [6, 6.07) is 21.4. The molecule has 0 spiro atoms. The van der Waals surface area contributed by atoms with Crippen molar-refractivity contribution in [3.05, 3.63) is 95.3 Å². The largest absolute Gasteiger partial charge is 0.478 e. The first kappa shape index (κ1) is 22.0. The van der Waals surface area contributed by atoms with Gasteiger partial charge in [0.2, 0.25) is 0 Å². The number of carboxylic acids is 1. The lowest BCUT2D eigenvalue weighted by Crippen LogP contribution is -2.47. The van der Waals surface area contributed by atoms with Gasteiger partial charge in [0.25, 0.3) is 0 Å². The second-order valence-corrected chi connectivity index (χ2v) is 8.89. The van der Waals surface area contributed by atoms with E-state index in [9.17, 15) is 14.3 Å². The Labute approximate surface area is 188 Å². The number of carboxylic acid groups (broad SMARTS) is 1. The van der Waals surface area contributed by atoms with E-state index in [4.69, 9.17) is 4.74 Å². The van der Waals surface area contributed by atoms with Crippen LogP contribution in [-0.2, 0) is 12.0 Å². The molecule has 32 heavy (non-hydrogen) atoms. The zero-order valence-electron chi connectivity index (χ0n) is 18.4. The number of hydrogen-bond donors (Lipinski definition) is 1. The van der Waals surface area contributed by atoms with E-state index in [-0.39, 0.29) is 11.2 Å². The van der Waals surface area contributed by atoms with Crippen LogP contribution >= 0.6 is 0 Å². The van der Waals surface area contributed by atoms with Crippen LogP contribution < -0.4 is 4.74 Å². The molecule has 0 saturated carbocycles. The van der Waals surface area contributed by atoms with Gasteiger partial charge in [-0.15, -0.1) is 0 Å². The summed E-state index contributed by atoms with van der Waals surface area (Å²) in [5.74, 6) is 0.552. The number of halogens is 1. The van der Waals surface area contributed by atoms with E-state index in [1.165, 1.54) is 17.7 Å². The fraction of sp³-hybridized carbons (Fsp3) is 0.296. The van der Waals surface area contributed by atoms with E-state index >= 15 is 0 Å². The lowest BCUT2D eigenvalue weighted by atomic mass is 9.68. The van der Waals surface area contributed by atoms with Crippen LogP contribution in [0.4, 0.5) is 4.39 Å². The molecule has 2 atom stereocenters. The molecule has 0 aliphatic carbocycles. The number of hydrogen-bond acceptors (Lipinski definition) is 3. The fourth-order valence-electron chi connectivity index (χ4n) is 4.46. The zero-order valence-corrected chi connectivity index (χ0v) is 18.4. The Balaban J connectivity index is 1.38. The van der Waals surface area contributed by atoms with Crippen molar-refractivity contribution in [2.75, 3.05) is 13.1 Å². The Morgan fingerprint density at radius 2 is 1.75 bits per heavy atom. The summed E-state index contributed by atoms with van der Waals surface area (Å²) in [7, 11) is 0. The molecule has 1 aliphatic rings. The SMILES string of the molecule is C[C@H]1CN(Cc2ccc(Oc3ccc(F)cc3)cc2)CC[C@@]1(C)c1cccc(C(=O)O)c1. The molecule has 1 heterocycles. The van der Waals surface area contributed by atoms with E-state index in [1.54, 1.807) is 18.2 Å². The average molecular weight is 434 g/mol. The van der Waals surface area contributed by atoms with Crippen LogP contribution in [-0.4, -0.2) is 29.1 Å². The monoisotopic (exact) mass is 433 g/mol. The normalized spacial score (nSPS) is 21.3. The summed E-state index contributed by atoms with van der Waals surface area (Å²) in [6.07, 6.45) is 0.975. The molecule has 0 bridgehead atoms. The molecule has 4 rings (SSSR count). The van der Waals surface area contributed by atoms with Crippen LogP contribution in [0.2, 0.25) is 0 Å². The second kappa shape index (κ2) is 9.13. The van der Waals surface area contributed by atoms with E-state index < -0.39 is 5.97 Å². The first-order valence-electron chi connectivity index (χ1n) is 10.9. The van der Waals surface area contributed by atoms with Crippen molar-refractivity contribution >= 4 is 5.97 Å². The minimum Gasteiger partial charge on any atom is -0.478 e. The van der Waals surface area contributed by atoms with Crippen molar-refractivity contribution in [3.8, 4) is 11.5 Å². The van der Waals surface area contributed by atoms with Crippen molar-refractivity contribution in [2.24, 2.45) is 5.92 Å². The van der Waals surface area contributed by atoms with Crippen molar-refractivity contribution in [2.45, 2.75) is 32.2 Å². The van der Waals surface area contributed by atoms with Gasteiger partial charge in [-0.3, -0.25) is 4.90 Å². The molecule has 1 saturated heterocycles. The van der Waals surface area contributed by atoms with E-state index in [1.807, 2.05) is 24.3 Å². The van der Waals surface area contributed by atoms with Gasteiger partial charge in [-0.1, -0.05) is 38.1 Å². The molecule has 1 aliphatic heterocycles. The molecule has 5 heteroatoms. The van der Waals surface area contributed by atoms with Gasteiger partial charge in [-0.25, -0.2) is 9.18 Å². The maximum Gasteiger partial charge on any atom is 0.335 e. The smallest absolute Gasteiger partial charge is 0.335 e. The minimum absolute atomic E-state index is 0.0468. The number of ether oxygens (including phenoxy) is 1. The van der Waals surface area contributed by atoms with Crippen LogP contribution in [0.15, 0.2) is 72.8 Å². The molecule has 0 aromatic heterocycles. The number of rotatable bonds is 6. The van der Waals surface area contributed by atoms with E-state index in [2.05, 4.69) is 36.9 Å². The van der Waals surface area contributed by atoms with Gasteiger partial charge in [0.1, 0.15) is 17.3 Å². The number of piperidine rings is 1. The number of aromatic carboxylic acids is 1. The molecular weight excluding hydrogens is 405 g/mol. The summed E-state index contributed by atoms with van der Waals surface area (Å²) >= 11 is 0. The van der Waals surface area contributed by atoms with Crippen LogP contribution in [0.3, 0.4) is 0 Å². The first-order valence-corrected chi connectivity index (χ1v) is 10.9. The van der Waals surface area contributed by atoms with Crippen molar-refractivity contribution in [1.29, 1.82) is 0 Å². The number of carbonyl (C=O) groups is 1. The molecule has 3 aromatic carbocycles. The summed E-state index contributed by atoms with van der Waals surface area (Å²) < 4.78 is 18.8. The highest BCUT2D eigenvalue weighted by atomic mass is 19.1. The Bertz CT molecular complexity index is 1080. The molecule has 1 fully saturated rings. The highest BCUT2D eigenvalue weighted by molar-refractivity contribution is 5.87. The standard InChI is InChI=1S/C27H28FNO3/c1-19-17-29(15-14-27(19,2)22-5-3-4-21(16-22)26(30)31)18-20-6-10-24(11-7-20)32-25-12-8-23(28)9-13-25/h3-13,16,19H,14-15,17-18H2,1-2H3,(H,30,31)/t19-,27+/m0/s1. The van der Waals surface area contributed by atoms with Gasteiger partial charge in [-0.05, 0) is 84.0 Å². The number of likely N-dealkylation sites (tertiary alicyclic amines) is 1. The van der Waals surface area contributed by atoms with Crippen LogP contribution in [0.1, 0.15) is 41.8 Å². The van der Waals surface area contributed by atoms with Gasteiger partial charge in [0.05, 0.1) is 5.56 Å². The van der Waals surface area contributed by atoms with Crippen molar-refractivity contribution in [1.82, 2.24) is 4.90 Å². The third-order valence-electron chi connectivity index (χ3n) is 6.71. The topological polar surface area (TPSA) is 49.8 Å². The lowest BCUT2D eigenvalue weighted by Gasteiger charge is -2.45. The minimum atomic E-state index is -0.882. The average Bonchev–Trinajstić information content (AvgIpc) is 2.79. The fourth-order valence-corrected chi connectivity index (χ4v) is 4.46. The highest BCUT2D eigenvalue weighted by Crippen LogP contribution is 2.40. The highest BCUT2D eigenvalue weighted by Gasteiger charge is 2.38. The van der Waals surface area contributed by atoms with Gasteiger partial charge >= 0.3 is 5.97 Å². The number of nitrogens with zero attached hydrogens (tertiary/aromatic N) is 1. The van der Waals surface area contributed by atoms with Crippen LogP contribution in [0, 0.1) is 11.7 Å². The molecule has 166 valence electrons. The summed E-state index contributed by atoms with van der Waals surface area (Å²) in [6.45, 7) is 7.25. The maximum absolute atomic E-state index is 13.0. The predicted molar refractivity (Wildman–Crippen MR) is 123 cm³/mol. The van der Waals surface area contributed by atoms with Gasteiger partial charge in [-0.2, -0.15) is 0 Å². The van der Waals surface area contributed by atoms with Crippen LogP contribution in [0.5, 0.6) is 11.5 Å². The van der Waals surface area contributed by atoms with Crippen molar-refractivity contribution in [3.63, 3.8) is 0 Å². The third-order valence-corrected chi connectivity index (χ3v) is 6.71. The van der Waals surface area contributed by atoms with E-state index in [0.717, 1.165) is 37.4 Å². The molecule has 0 radical (unpaired) electrons. The summed E-state index contributed by atoms with van der Waals surface area (Å²) in [5, 5.41) is 9.34. The quantitative estimate of drug-likeness (QED) is 0.509. The maximum atomic E-state index is 13.0. The number of benzene rings is 3. The zero-order chi connectivity index (χ0) is 22.7. The van der Waals surface area contributed by atoms with Gasteiger partial charge in [0.15, 0.2) is 0 Å². The molecule has 3 aromatic rings. The first-order chi connectivity index (χ1) is 15.3.